The molecule has 0 aliphatic carbocycles. The summed E-state index contributed by atoms with van der Waals surface area (Å²) in [5.41, 5.74) is 0. The molecular formula is C24H51ClS. The summed E-state index contributed by atoms with van der Waals surface area (Å²) in [5, 5.41) is 0. The minimum absolute atomic E-state index is 0. The number of halogens is 1. The van der Waals surface area contributed by atoms with Gasteiger partial charge < -0.3 is 12.4 Å². The zero-order chi connectivity index (χ0) is 18.4. The fourth-order valence-electron chi connectivity index (χ4n) is 3.65. The van der Waals surface area contributed by atoms with Crippen molar-refractivity contribution in [1.29, 1.82) is 0 Å². The molecule has 0 aromatic heterocycles. The second-order valence-corrected chi connectivity index (χ2v) is 10.8. The lowest BCUT2D eigenvalue weighted by molar-refractivity contribution is -0.00000571. The van der Waals surface area contributed by atoms with E-state index in [4.69, 9.17) is 0 Å². The predicted octanol–water partition coefficient (Wildman–Crippen LogP) is 5.69. The van der Waals surface area contributed by atoms with E-state index in [0.717, 1.165) is 0 Å². The highest BCUT2D eigenvalue weighted by Crippen LogP contribution is 2.14. The quantitative estimate of drug-likeness (QED) is 0.169. The Bertz CT molecular complexity index is 230. The maximum Gasteiger partial charge on any atom is 0.107 e. The summed E-state index contributed by atoms with van der Waals surface area (Å²) in [6.07, 6.45) is 34.3. The summed E-state index contributed by atoms with van der Waals surface area (Å²) in [6.45, 7) is 2.30. The molecule has 0 rings (SSSR count). The molecule has 2 heteroatoms. The van der Waals surface area contributed by atoms with E-state index >= 15 is 0 Å². The SMILES string of the molecule is CCCCCCCCCCCCCCCCCCCCCC[S+](C)C.[Cl-]. The third kappa shape index (κ3) is 26.9. The lowest BCUT2D eigenvalue weighted by Crippen LogP contribution is -3.00. The highest BCUT2D eigenvalue weighted by molar-refractivity contribution is 7.95. The molecule has 0 atom stereocenters. The Morgan fingerprint density at radius 2 is 0.615 bits per heavy atom. The van der Waals surface area contributed by atoms with E-state index in [0.29, 0.717) is 10.9 Å². The molecule has 0 aliphatic rings. The first-order chi connectivity index (χ1) is 12.3. The smallest absolute Gasteiger partial charge is 0.107 e. The van der Waals surface area contributed by atoms with E-state index in [1.807, 2.05) is 0 Å². The molecule has 0 heterocycles. The van der Waals surface area contributed by atoms with Crippen LogP contribution in [0.4, 0.5) is 0 Å². The molecule has 0 spiro atoms. The van der Waals surface area contributed by atoms with Gasteiger partial charge in [-0.15, -0.1) is 0 Å². The lowest BCUT2D eigenvalue weighted by Gasteiger charge is -2.04. The van der Waals surface area contributed by atoms with E-state index in [9.17, 15) is 0 Å². The van der Waals surface area contributed by atoms with E-state index in [1.54, 1.807) is 0 Å². The van der Waals surface area contributed by atoms with Crippen molar-refractivity contribution in [3.63, 3.8) is 0 Å². The molecule has 0 bridgehead atoms. The van der Waals surface area contributed by atoms with Crippen molar-refractivity contribution in [2.45, 2.75) is 135 Å². The van der Waals surface area contributed by atoms with Crippen molar-refractivity contribution in [3.8, 4) is 0 Å². The second kappa shape index (κ2) is 25.6. The molecule has 0 radical (unpaired) electrons. The van der Waals surface area contributed by atoms with Gasteiger partial charge in [-0.1, -0.05) is 122 Å². The first kappa shape index (κ1) is 28.8. The topological polar surface area (TPSA) is 0 Å². The lowest BCUT2D eigenvalue weighted by atomic mass is 10.0. The molecule has 160 valence electrons. The van der Waals surface area contributed by atoms with Crippen LogP contribution in [0.15, 0.2) is 0 Å². The largest absolute Gasteiger partial charge is 1.00 e. The van der Waals surface area contributed by atoms with E-state index in [2.05, 4.69) is 19.4 Å². The summed E-state index contributed by atoms with van der Waals surface area (Å²) in [5.74, 6) is 1.46. The molecule has 0 aliphatic heterocycles. The number of rotatable bonds is 21. The van der Waals surface area contributed by atoms with Crippen molar-refractivity contribution >= 4 is 10.9 Å². The average Bonchev–Trinajstić information content (AvgIpc) is 2.60. The van der Waals surface area contributed by atoms with Gasteiger partial charge in [0.15, 0.2) is 0 Å². The maximum absolute atomic E-state index is 2.37. The predicted molar refractivity (Wildman–Crippen MR) is 122 cm³/mol. The van der Waals surface area contributed by atoms with Crippen LogP contribution in [0.1, 0.15) is 135 Å². The molecule has 0 saturated carbocycles. The molecule has 0 aromatic carbocycles. The Labute approximate surface area is 176 Å². The Hall–Kier alpha value is 0.640. The fourth-order valence-corrected chi connectivity index (χ4v) is 4.43. The normalized spacial score (nSPS) is 11.1. The Balaban J connectivity index is 0. The van der Waals surface area contributed by atoms with Crippen LogP contribution in [-0.2, 0) is 10.9 Å². The van der Waals surface area contributed by atoms with Crippen LogP contribution >= 0.6 is 0 Å². The summed E-state index contributed by atoms with van der Waals surface area (Å²) in [6, 6.07) is 0. The van der Waals surface area contributed by atoms with Crippen LogP contribution in [0, 0.1) is 0 Å². The van der Waals surface area contributed by atoms with Crippen LogP contribution in [-0.4, -0.2) is 18.3 Å². The van der Waals surface area contributed by atoms with E-state index in [-0.39, 0.29) is 12.4 Å². The van der Waals surface area contributed by atoms with Gasteiger partial charge in [0.05, 0.1) is 12.5 Å². The van der Waals surface area contributed by atoms with Gasteiger partial charge in [-0.3, -0.25) is 0 Å². The van der Waals surface area contributed by atoms with Gasteiger partial charge >= 0.3 is 0 Å². The van der Waals surface area contributed by atoms with Crippen molar-refractivity contribution in [2.24, 2.45) is 0 Å². The Morgan fingerprint density at radius 3 is 0.846 bits per heavy atom. The molecule has 0 aromatic rings. The summed E-state index contributed by atoms with van der Waals surface area (Å²) in [4.78, 5) is 0. The fraction of sp³-hybridized carbons (Fsp3) is 1.00. The maximum atomic E-state index is 2.37. The summed E-state index contributed by atoms with van der Waals surface area (Å²) in [7, 11) is 0.665. The minimum Gasteiger partial charge on any atom is -1.00 e. The standard InChI is InChI=1S/C24H51S.ClH/c1-4-5-6-7-8-9-10-11-12-13-14-15-16-17-18-19-20-21-22-23-24-25(2)3;/h4-24H2,1-3H3;1H/q+1;/p-1. The van der Waals surface area contributed by atoms with Gasteiger partial charge in [-0.2, -0.15) is 0 Å². The van der Waals surface area contributed by atoms with Gasteiger partial charge in [0.1, 0.15) is 5.75 Å². The highest BCUT2D eigenvalue weighted by atomic mass is 35.5. The molecule has 26 heavy (non-hydrogen) atoms. The van der Waals surface area contributed by atoms with Crippen molar-refractivity contribution < 1.29 is 12.4 Å². The van der Waals surface area contributed by atoms with Crippen LogP contribution in [0.25, 0.3) is 0 Å². The molecular weight excluding hydrogens is 356 g/mol. The first-order valence-corrected chi connectivity index (χ1v) is 14.0. The minimum atomic E-state index is 0. The number of unbranched alkanes of at least 4 members (excludes halogenated alkanes) is 19. The van der Waals surface area contributed by atoms with Gasteiger partial charge in [-0.05, 0) is 23.7 Å². The zero-order valence-electron chi connectivity index (χ0n) is 18.6. The van der Waals surface area contributed by atoms with E-state index in [1.165, 1.54) is 134 Å². The number of hydrogen-bond donors (Lipinski definition) is 0. The van der Waals surface area contributed by atoms with Crippen LogP contribution in [0.3, 0.4) is 0 Å². The van der Waals surface area contributed by atoms with Gasteiger partial charge in [-0.25, -0.2) is 0 Å². The highest BCUT2D eigenvalue weighted by Gasteiger charge is 2.00. The Kier molecular flexibility index (Phi) is 28.4. The van der Waals surface area contributed by atoms with Crippen LogP contribution in [0.2, 0.25) is 0 Å². The molecule has 0 N–H and O–H groups in total. The molecule has 0 fully saturated rings. The van der Waals surface area contributed by atoms with Gasteiger partial charge in [0, 0.05) is 0 Å². The monoisotopic (exact) mass is 406 g/mol. The third-order valence-electron chi connectivity index (χ3n) is 5.41. The molecule has 0 saturated heterocycles. The third-order valence-corrected chi connectivity index (χ3v) is 6.51. The Morgan fingerprint density at radius 1 is 0.385 bits per heavy atom. The van der Waals surface area contributed by atoms with Crippen molar-refractivity contribution in [2.75, 3.05) is 18.3 Å². The van der Waals surface area contributed by atoms with Crippen LogP contribution < -0.4 is 12.4 Å². The zero-order valence-corrected chi connectivity index (χ0v) is 20.2. The summed E-state index contributed by atoms with van der Waals surface area (Å²) < 4.78 is 0. The van der Waals surface area contributed by atoms with Gasteiger partial charge in [0.25, 0.3) is 0 Å². The van der Waals surface area contributed by atoms with E-state index < -0.39 is 0 Å². The van der Waals surface area contributed by atoms with Gasteiger partial charge in [0.2, 0.25) is 0 Å². The van der Waals surface area contributed by atoms with Crippen LogP contribution in [0.5, 0.6) is 0 Å². The average molecular weight is 407 g/mol. The summed E-state index contributed by atoms with van der Waals surface area (Å²) >= 11 is 0. The van der Waals surface area contributed by atoms with Crippen molar-refractivity contribution in [1.82, 2.24) is 0 Å². The second-order valence-electron chi connectivity index (χ2n) is 8.41. The first-order valence-electron chi connectivity index (χ1n) is 11.8. The molecule has 0 nitrogen and oxygen atoms in total. The number of hydrogen-bond acceptors (Lipinski definition) is 0. The van der Waals surface area contributed by atoms with Crippen molar-refractivity contribution in [3.05, 3.63) is 0 Å². The molecule has 0 amide bonds. The molecule has 0 unspecified atom stereocenters.